The van der Waals surface area contributed by atoms with Crippen molar-refractivity contribution in [3.63, 3.8) is 0 Å². The molecule has 0 unspecified atom stereocenters. The maximum Gasteiger partial charge on any atom is 0.169 e. The molecule has 1 aliphatic carbocycles. The van der Waals surface area contributed by atoms with Crippen LogP contribution < -0.4 is 5.32 Å². The molecule has 1 aliphatic rings. The highest BCUT2D eigenvalue weighted by atomic mass is 79.9. The van der Waals surface area contributed by atoms with Gasteiger partial charge in [-0.3, -0.25) is 0 Å². The SMILES string of the molecule is Brc1ccc(-c2csc(CNCC3CC3)n2)o1. The second-order valence-electron chi connectivity index (χ2n) is 4.30. The summed E-state index contributed by atoms with van der Waals surface area (Å²) >= 11 is 4.97. The molecule has 0 saturated heterocycles. The Morgan fingerprint density at radius 2 is 2.35 bits per heavy atom. The van der Waals surface area contributed by atoms with Crippen molar-refractivity contribution in [2.24, 2.45) is 5.92 Å². The van der Waals surface area contributed by atoms with Gasteiger partial charge in [-0.1, -0.05) is 0 Å². The number of aromatic nitrogens is 1. The van der Waals surface area contributed by atoms with Crippen molar-refractivity contribution in [1.29, 1.82) is 0 Å². The number of furan rings is 1. The first-order valence-corrected chi connectivity index (χ1v) is 7.39. The van der Waals surface area contributed by atoms with Crippen LogP contribution in [0.5, 0.6) is 0 Å². The molecule has 0 atom stereocenters. The van der Waals surface area contributed by atoms with E-state index in [2.05, 4.69) is 26.2 Å². The maximum atomic E-state index is 5.48. The third-order valence-electron chi connectivity index (χ3n) is 2.78. The van der Waals surface area contributed by atoms with Gasteiger partial charge in [-0.05, 0) is 53.4 Å². The lowest BCUT2D eigenvalue weighted by molar-refractivity contribution is 0.553. The molecule has 0 radical (unpaired) electrons. The van der Waals surface area contributed by atoms with Crippen LogP contribution in [0.2, 0.25) is 0 Å². The van der Waals surface area contributed by atoms with Gasteiger partial charge in [0.25, 0.3) is 0 Å². The first-order valence-electron chi connectivity index (χ1n) is 5.72. The average molecular weight is 313 g/mol. The van der Waals surface area contributed by atoms with Crippen molar-refractivity contribution >= 4 is 27.3 Å². The van der Waals surface area contributed by atoms with E-state index in [-0.39, 0.29) is 0 Å². The molecule has 2 aromatic heterocycles. The van der Waals surface area contributed by atoms with Gasteiger partial charge >= 0.3 is 0 Å². The van der Waals surface area contributed by atoms with Crippen LogP contribution in [-0.2, 0) is 6.54 Å². The second-order valence-corrected chi connectivity index (χ2v) is 6.03. The Hall–Kier alpha value is -0.650. The van der Waals surface area contributed by atoms with Crippen LogP contribution in [0.25, 0.3) is 11.5 Å². The average Bonchev–Trinajstić information content (AvgIpc) is 2.85. The zero-order valence-electron chi connectivity index (χ0n) is 9.28. The number of nitrogens with zero attached hydrogens (tertiary/aromatic N) is 1. The first kappa shape index (κ1) is 11.4. The van der Waals surface area contributed by atoms with Crippen molar-refractivity contribution in [2.45, 2.75) is 19.4 Å². The lowest BCUT2D eigenvalue weighted by Gasteiger charge is -1.98. The molecule has 1 saturated carbocycles. The molecule has 2 heterocycles. The monoisotopic (exact) mass is 312 g/mol. The topological polar surface area (TPSA) is 38.1 Å². The quantitative estimate of drug-likeness (QED) is 0.915. The van der Waals surface area contributed by atoms with Gasteiger partial charge < -0.3 is 9.73 Å². The summed E-state index contributed by atoms with van der Waals surface area (Å²) in [5, 5.41) is 6.60. The molecule has 17 heavy (non-hydrogen) atoms. The predicted molar refractivity (Wildman–Crippen MR) is 71.9 cm³/mol. The first-order chi connectivity index (χ1) is 8.31. The highest BCUT2D eigenvalue weighted by Gasteiger charge is 2.20. The molecule has 0 bridgehead atoms. The van der Waals surface area contributed by atoms with Crippen molar-refractivity contribution < 1.29 is 4.42 Å². The van der Waals surface area contributed by atoms with Crippen LogP contribution in [0.3, 0.4) is 0 Å². The van der Waals surface area contributed by atoms with Gasteiger partial charge in [-0.15, -0.1) is 11.3 Å². The van der Waals surface area contributed by atoms with Gasteiger partial charge in [0.2, 0.25) is 0 Å². The number of thiazole rings is 1. The number of hydrogen-bond acceptors (Lipinski definition) is 4. The van der Waals surface area contributed by atoms with E-state index in [0.29, 0.717) is 0 Å². The van der Waals surface area contributed by atoms with E-state index >= 15 is 0 Å². The molecule has 2 aromatic rings. The fourth-order valence-corrected chi connectivity index (χ4v) is 2.72. The number of hydrogen-bond donors (Lipinski definition) is 1. The Bertz CT molecular complexity index is 504. The predicted octanol–water partition coefficient (Wildman–Crippen LogP) is 3.67. The van der Waals surface area contributed by atoms with Gasteiger partial charge in [-0.2, -0.15) is 0 Å². The molecule has 0 amide bonds. The van der Waals surface area contributed by atoms with E-state index in [9.17, 15) is 0 Å². The molecule has 1 fully saturated rings. The van der Waals surface area contributed by atoms with E-state index in [1.165, 1.54) is 12.8 Å². The van der Waals surface area contributed by atoms with Crippen LogP contribution in [-0.4, -0.2) is 11.5 Å². The van der Waals surface area contributed by atoms with Crippen LogP contribution in [0.15, 0.2) is 26.6 Å². The van der Waals surface area contributed by atoms with E-state index < -0.39 is 0 Å². The fraction of sp³-hybridized carbons (Fsp3) is 0.417. The fourth-order valence-electron chi connectivity index (χ4n) is 1.66. The highest BCUT2D eigenvalue weighted by molar-refractivity contribution is 9.10. The number of nitrogens with one attached hydrogen (secondary N) is 1. The molecule has 0 aliphatic heterocycles. The van der Waals surface area contributed by atoms with Crippen molar-refractivity contribution in [2.75, 3.05) is 6.54 Å². The zero-order chi connectivity index (χ0) is 11.7. The summed E-state index contributed by atoms with van der Waals surface area (Å²) in [7, 11) is 0. The van der Waals surface area contributed by atoms with E-state index in [1.807, 2.05) is 17.5 Å². The zero-order valence-corrected chi connectivity index (χ0v) is 11.7. The number of halogens is 1. The third kappa shape index (κ3) is 2.97. The van der Waals surface area contributed by atoms with Crippen molar-refractivity contribution in [3.05, 3.63) is 27.2 Å². The molecular formula is C12H13BrN2OS. The minimum absolute atomic E-state index is 0.744. The maximum absolute atomic E-state index is 5.48. The van der Waals surface area contributed by atoms with Crippen LogP contribution in [0, 0.1) is 5.92 Å². The second kappa shape index (κ2) is 4.92. The lowest BCUT2D eigenvalue weighted by atomic mass is 10.4. The number of rotatable bonds is 5. The molecule has 1 N–H and O–H groups in total. The summed E-state index contributed by atoms with van der Waals surface area (Å²) in [6.45, 7) is 1.99. The highest BCUT2D eigenvalue weighted by Crippen LogP contribution is 2.28. The molecule has 5 heteroatoms. The Labute approximate surface area is 112 Å². The largest absolute Gasteiger partial charge is 0.448 e. The Morgan fingerprint density at radius 1 is 1.47 bits per heavy atom. The summed E-state index contributed by atoms with van der Waals surface area (Å²) < 4.78 is 6.22. The lowest BCUT2D eigenvalue weighted by Crippen LogP contribution is -2.15. The summed E-state index contributed by atoms with van der Waals surface area (Å²) in [4.78, 5) is 4.55. The standard InChI is InChI=1S/C12H13BrN2OS/c13-11-4-3-10(16-11)9-7-17-12(15-9)6-14-5-8-1-2-8/h3-4,7-8,14H,1-2,5-6H2. The molecule has 3 nitrogen and oxygen atoms in total. The molecule has 3 rings (SSSR count). The smallest absolute Gasteiger partial charge is 0.169 e. The van der Waals surface area contributed by atoms with Crippen LogP contribution in [0.4, 0.5) is 0 Å². The van der Waals surface area contributed by atoms with Crippen molar-refractivity contribution in [1.82, 2.24) is 10.3 Å². The third-order valence-corrected chi connectivity index (χ3v) is 4.06. The summed E-state index contributed by atoms with van der Waals surface area (Å²) in [6, 6.07) is 3.82. The summed E-state index contributed by atoms with van der Waals surface area (Å²) in [6.07, 6.45) is 2.77. The van der Waals surface area contributed by atoms with Gasteiger partial charge in [0.1, 0.15) is 10.7 Å². The molecule has 90 valence electrons. The Kier molecular flexibility index (Phi) is 3.31. The van der Waals surface area contributed by atoms with Crippen LogP contribution >= 0.6 is 27.3 Å². The molecule has 0 spiro atoms. The van der Waals surface area contributed by atoms with E-state index in [0.717, 1.165) is 40.1 Å². The van der Waals surface area contributed by atoms with Gasteiger partial charge in [0.15, 0.2) is 10.4 Å². The molecular weight excluding hydrogens is 300 g/mol. The van der Waals surface area contributed by atoms with Crippen molar-refractivity contribution in [3.8, 4) is 11.5 Å². The summed E-state index contributed by atoms with van der Waals surface area (Å²) in [5.41, 5.74) is 0.920. The van der Waals surface area contributed by atoms with Crippen LogP contribution in [0.1, 0.15) is 17.8 Å². The Morgan fingerprint density at radius 3 is 3.06 bits per heavy atom. The summed E-state index contributed by atoms with van der Waals surface area (Å²) in [5.74, 6) is 1.73. The Balaban J connectivity index is 1.61. The van der Waals surface area contributed by atoms with Gasteiger partial charge in [0, 0.05) is 11.9 Å². The van der Waals surface area contributed by atoms with E-state index in [4.69, 9.17) is 4.42 Å². The minimum atomic E-state index is 0.744. The van der Waals surface area contributed by atoms with Gasteiger partial charge in [0.05, 0.1) is 0 Å². The van der Waals surface area contributed by atoms with E-state index in [1.54, 1.807) is 11.3 Å². The normalized spacial score (nSPS) is 15.4. The molecule has 0 aromatic carbocycles. The van der Waals surface area contributed by atoms with Gasteiger partial charge in [-0.25, -0.2) is 4.98 Å². The minimum Gasteiger partial charge on any atom is -0.448 e.